The lowest BCUT2D eigenvalue weighted by molar-refractivity contribution is -0.126. The molecule has 0 aliphatic carbocycles. The first-order chi connectivity index (χ1) is 7.69. The fourth-order valence-electron chi connectivity index (χ4n) is 1.29. The van der Waals surface area contributed by atoms with E-state index in [1.165, 1.54) is 7.05 Å². The summed E-state index contributed by atoms with van der Waals surface area (Å²) in [6, 6.07) is 8.35. The van der Waals surface area contributed by atoms with E-state index in [9.17, 15) is 9.59 Å². The van der Waals surface area contributed by atoms with Crippen LogP contribution in [0.4, 0.5) is 0 Å². The Balaban J connectivity index is 2.92. The van der Waals surface area contributed by atoms with Crippen molar-refractivity contribution in [2.24, 2.45) is 0 Å². The lowest BCUT2D eigenvalue weighted by Gasteiger charge is -2.16. The molecule has 0 saturated carbocycles. The molecule has 1 aromatic carbocycles. The molecule has 2 N–H and O–H groups in total. The summed E-state index contributed by atoms with van der Waals surface area (Å²) in [5, 5.41) is 5.07. The molecular formula is C12H14N2O2. The van der Waals surface area contributed by atoms with Crippen LogP contribution in [0.5, 0.6) is 0 Å². The van der Waals surface area contributed by atoms with Gasteiger partial charge in [-0.2, -0.15) is 0 Å². The van der Waals surface area contributed by atoms with Gasteiger partial charge in [-0.3, -0.25) is 9.59 Å². The van der Waals surface area contributed by atoms with Crippen LogP contribution in [0.3, 0.4) is 0 Å². The normalized spacial score (nSPS) is 11.3. The molecule has 0 bridgehead atoms. The lowest BCUT2D eigenvalue weighted by atomic mass is 10.1. The van der Waals surface area contributed by atoms with Crippen LogP contribution < -0.4 is 10.6 Å². The largest absolute Gasteiger partial charge is 0.357 e. The number of amides is 2. The molecule has 84 valence electrons. The molecule has 0 saturated heterocycles. The first-order valence-corrected chi connectivity index (χ1v) is 4.88. The molecule has 0 aliphatic rings. The minimum Gasteiger partial charge on any atom is -0.357 e. The number of hydrogen-bond acceptors (Lipinski definition) is 2. The van der Waals surface area contributed by atoms with Gasteiger partial charge < -0.3 is 10.6 Å². The molecule has 16 heavy (non-hydrogen) atoms. The van der Waals surface area contributed by atoms with Crippen molar-refractivity contribution in [1.82, 2.24) is 10.6 Å². The second kappa shape index (κ2) is 5.70. The van der Waals surface area contributed by atoms with Crippen molar-refractivity contribution >= 4 is 11.8 Å². The molecule has 2 amide bonds. The molecule has 0 heterocycles. The second-order valence-corrected chi connectivity index (χ2v) is 3.17. The molecule has 0 aliphatic heterocycles. The maximum absolute atomic E-state index is 11.6. The van der Waals surface area contributed by atoms with E-state index in [1.54, 1.807) is 12.1 Å². The first kappa shape index (κ1) is 12.0. The monoisotopic (exact) mass is 218 g/mol. The van der Waals surface area contributed by atoms with Gasteiger partial charge in [0.25, 0.3) is 0 Å². The topological polar surface area (TPSA) is 58.2 Å². The van der Waals surface area contributed by atoms with Gasteiger partial charge in [0, 0.05) is 7.05 Å². The second-order valence-electron chi connectivity index (χ2n) is 3.17. The molecule has 0 aromatic heterocycles. The zero-order valence-corrected chi connectivity index (χ0v) is 9.07. The Labute approximate surface area is 94.4 Å². The van der Waals surface area contributed by atoms with Gasteiger partial charge in [0.05, 0.1) is 0 Å². The molecule has 0 spiro atoms. The highest BCUT2D eigenvalue weighted by molar-refractivity contribution is 5.93. The van der Waals surface area contributed by atoms with Crippen LogP contribution in [0, 0.1) is 0 Å². The molecule has 0 fully saturated rings. The van der Waals surface area contributed by atoms with Crippen LogP contribution in [0.15, 0.2) is 43.0 Å². The van der Waals surface area contributed by atoms with Crippen LogP contribution in [0.1, 0.15) is 11.6 Å². The van der Waals surface area contributed by atoms with E-state index in [2.05, 4.69) is 17.2 Å². The average Bonchev–Trinajstić information content (AvgIpc) is 2.35. The number of nitrogens with one attached hydrogen (secondary N) is 2. The maximum atomic E-state index is 11.6. The fourth-order valence-corrected chi connectivity index (χ4v) is 1.29. The number of likely N-dealkylation sites (N-methyl/N-ethyl adjacent to an activating group) is 1. The Hall–Kier alpha value is -2.10. The summed E-state index contributed by atoms with van der Waals surface area (Å²) in [6.45, 7) is 3.35. The van der Waals surface area contributed by atoms with Crippen molar-refractivity contribution in [1.29, 1.82) is 0 Å². The van der Waals surface area contributed by atoms with Crippen molar-refractivity contribution in [3.05, 3.63) is 48.6 Å². The molecule has 1 rings (SSSR count). The van der Waals surface area contributed by atoms with Crippen molar-refractivity contribution in [2.45, 2.75) is 6.04 Å². The summed E-state index contributed by atoms with van der Waals surface area (Å²) in [4.78, 5) is 22.8. The number of hydrogen-bond donors (Lipinski definition) is 2. The third-order valence-electron chi connectivity index (χ3n) is 2.11. The highest BCUT2D eigenvalue weighted by Crippen LogP contribution is 2.12. The summed E-state index contributed by atoms with van der Waals surface area (Å²) in [5.74, 6) is -0.640. The van der Waals surface area contributed by atoms with Crippen LogP contribution in [0.25, 0.3) is 0 Å². The van der Waals surface area contributed by atoms with Crippen LogP contribution in [-0.2, 0) is 9.59 Å². The molecule has 1 unspecified atom stereocenters. The van der Waals surface area contributed by atoms with Gasteiger partial charge in [0.1, 0.15) is 6.04 Å². The van der Waals surface area contributed by atoms with Gasteiger partial charge in [-0.05, 0) is 11.6 Å². The zero-order chi connectivity index (χ0) is 12.0. The Kier molecular flexibility index (Phi) is 4.27. The van der Waals surface area contributed by atoms with E-state index in [1.807, 2.05) is 18.2 Å². The summed E-state index contributed by atoms with van der Waals surface area (Å²) >= 11 is 0. The van der Waals surface area contributed by atoms with E-state index in [4.69, 9.17) is 0 Å². The number of carbonyl (C=O) groups excluding carboxylic acids is 2. The van der Waals surface area contributed by atoms with Crippen molar-refractivity contribution < 1.29 is 9.59 Å². The fraction of sp³-hybridized carbons (Fsp3) is 0.167. The highest BCUT2D eigenvalue weighted by Gasteiger charge is 2.19. The average molecular weight is 218 g/mol. The quantitative estimate of drug-likeness (QED) is 0.733. The van der Waals surface area contributed by atoms with Gasteiger partial charge in [0.2, 0.25) is 11.8 Å². The zero-order valence-electron chi connectivity index (χ0n) is 9.07. The number of benzene rings is 1. The molecule has 4 heteroatoms. The summed E-state index contributed by atoms with van der Waals surface area (Å²) < 4.78 is 0. The third kappa shape index (κ3) is 2.95. The van der Waals surface area contributed by atoms with E-state index in [0.29, 0.717) is 0 Å². The minimum absolute atomic E-state index is 0.263. The van der Waals surface area contributed by atoms with Crippen LogP contribution in [0.2, 0.25) is 0 Å². The first-order valence-electron chi connectivity index (χ1n) is 4.88. The van der Waals surface area contributed by atoms with E-state index < -0.39 is 6.04 Å². The summed E-state index contributed by atoms with van der Waals surface area (Å²) in [6.07, 6.45) is 1.14. The Morgan fingerprint density at radius 3 is 2.44 bits per heavy atom. The minimum atomic E-state index is -0.684. The predicted molar refractivity (Wildman–Crippen MR) is 61.6 cm³/mol. The van der Waals surface area contributed by atoms with Gasteiger partial charge in [-0.1, -0.05) is 36.9 Å². The predicted octanol–water partition coefficient (Wildman–Crippen LogP) is 0.776. The van der Waals surface area contributed by atoms with Gasteiger partial charge in [-0.15, -0.1) is 0 Å². The van der Waals surface area contributed by atoms with Gasteiger partial charge in [0.15, 0.2) is 0 Å². The smallest absolute Gasteiger partial charge is 0.246 e. The van der Waals surface area contributed by atoms with Gasteiger partial charge >= 0.3 is 0 Å². The number of carbonyl (C=O) groups is 2. The lowest BCUT2D eigenvalue weighted by Crippen LogP contribution is -2.38. The molecule has 1 aromatic rings. The Morgan fingerprint density at radius 2 is 1.94 bits per heavy atom. The summed E-state index contributed by atoms with van der Waals surface area (Å²) in [7, 11) is 1.53. The third-order valence-corrected chi connectivity index (χ3v) is 2.11. The molecular weight excluding hydrogens is 204 g/mol. The van der Waals surface area contributed by atoms with Crippen molar-refractivity contribution in [2.75, 3.05) is 7.05 Å². The SMILES string of the molecule is C=CC(=O)NC(C(=O)NC)c1ccccc1. The highest BCUT2D eigenvalue weighted by atomic mass is 16.2. The van der Waals surface area contributed by atoms with Crippen LogP contribution in [-0.4, -0.2) is 18.9 Å². The Bertz CT molecular complexity index is 387. The number of rotatable bonds is 4. The van der Waals surface area contributed by atoms with E-state index in [-0.39, 0.29) is 11.8 Å². The van der Waals surface area contributed by atoms with E-state index in [0.717, 1.165) is 11.6 Å². The van der Waals surface area contributed by atoms with Crippen molar-refractivity contribution in [3.63, 3.8) is 0 Å². The van der Waals surface area contributed by atoms with Crippen LogP contribution >= 0.6 is 0 Å². The summed E-state index contributed by atoms with van der Waals surface area (Å²) in [5.41, 5.74) is 0.733. The van der Waals surface area contributed by atoms with E-state index >= 15 is 0 Å². The maximum Gasteiger partial charge on any atom is 0.246 e. The van der Waals surface area contributed by atoms with Gasteiger partial charge in [-0.25, -0.2) is 0 Å². The van der Waals surface area contributed by atoms with Crippen molar-refractivity contribution in [3.8, 4) is 0 Å². The molecule has 1 atom stereocenters. The Morgan fingerprint density at radius 1 is 1.31 bits per heavy atom. The standard InChI is InChI=1S/C12H14N2O2/c1-3-10(15)14-11(12(16)13-2)9-7-5-4-6-8-9/h3-8,11H,1H2,2H3,(H,13,16)(H,14,15). The molecule has 4 nitrogen and oxygen atoms in total. The molecule has 0 radical (unpaired) electrons.